The maximum atomic E-state index is 10.8. The van der Waals surface area contributed by atoms with E-state index in [9.17, 15) is 4.79 Å². The smallest absolute Gasteiger partial charge is 0.323 e. The Labute approximate surface area is 97.1 Å². The van der Waals surface area contributed by atoms with E-state index < -0.39 is 12.0 Å². The average Bonchev–Trinajstić information content (AvgIpc) is 2.20. The molecule has 0 aromatic rings. The second kappa shape index (κ2) is 9.57. The van der Waals surface area contributed by atoms with Crippen molar-refractivity contribution in [2.45, 2.75) is 39.3 Å². The first-order valence-corrected chi connectivity index (χ1v) is 5.72. The first kappa shape index (κ1) is 15.3. The van der Waals surface area contributed by atoms with E-state index in [1.54, 1.807) is 0 Å². The fourth-order valence-electron chi connectivity index (χ4n) is 1.16. The first-order chi connectivity index (χ1) is 7.57. The summed E-state index contributed by atoms with van der Waals surface area (Å²) < 4.78 is 10.4. The molecule has 0 heterocycles. The number of hydrogen-bond acceptors (Lipinski definition) is 4. The van der Waals surface area contributed by atoms with Crippen molar-refractivity contribution in [3.63, 3.8) is 0 Å². The number of rotatable bonds is 10. The van der Waals surface area contributed by atoms with Crippen molar-refractivity contribution in [3.8, 4) is 0 Å². The number of carbonyl (C=O) groups is 1. The van der Waals surface area contributed by atoms with Gasteiger partial charge in [0.2, 0.25) is 0 Å². The summed E-state index contributed by atoms with van der Waals surface area (Å²) in [6.07, 6.45) is 0.979. The highest BCUT2D eigenvalue weighted by Gasteiger charge is 2.17. The Bertz CT molecular complexity index is 185. The SMILES string of the molecule is CCCOCCOCC(NC(C)C)C(=O)O. The lowest BCUT2D eigenvalue weighted by Crippen LogP contribution is -2.44. The number of carboxylic acids is 1. The highest BCUT2D eigenvalue weighted by atomic mass is 16.5. The van der Waals surface area contributed by atoms with Crippen molar-refractivity contribution in [1.29, 1.82) is 0 Å². The van der Waals surface area contributed by atoms with Crippen LogP contribution in [-0.4, -0.2) is 49.6 Å². The Morgan fingerprint density at radius 2 is 1.88 bits per heavy atom. The molecule has 5 heteroatoms. The zero-order chi connectivity index (χ0) is 12.4. The third-order valence-electron chi connectivity index (χ3n) is 1.84. The lowest BCUT2D eigenvalue weighted by molar-refractivity contribution is -0.141. The number of aliphatic carboxylic acids is 1. The van der Waals surface area contributed by atoms with Crippen LogP contribution < -0.4 is 5.32 Å². The van der Waals surface area contributed by atoms with E-state index in [1.807, 2.05) is 20.8 Å². The molecule has 0 aliphatic heterocycles. The lowest BCUT2D eigenvalue weighted by Gasteiger charge is -2.17. The van der Waals surface area contributed by atoms with E-state index in [-0.39, 0.29) is 12.6 Å². The van der Waals surface area contributed by atoms with Crippen molar-refractivity contribution in [2.24, 2.45) is 0 Å². The van der Waals surface area contributed by atoms with Gasteiger partial charge in [0.1, 0.15) is 6.04 Å². The molecule has 16 heavy (non-hydrogen) atoms. The van der Waals surface area contributed by atoms with E-state index in [2.05, 4.69) is 5.32 Å². The van der Waals surface area contributed by atoms with Crippen LogP contribution in [0.15, 0.2) is 0 Å². The molecule has 0 aromatic carbocycles. The Kier molecular flexibility index (Phi) is 9.18. The molecule has 0 spiro atoms. The quantitative estimate of drug-likeness (QED) is 0.548. The second-order valence-electron chi connectivity index (χ2n) is 3.90. The van der Waals surface area contributed by atoms with Gasteiger partial charge < -0.3 is 19.9 Å². The van der Waals surface area contributed by atoms with Crippen LogP contribution in [0.5, 0.6) is 0 Å². The first-order valence-electron chi connectivity index (χ1n) is 5.72. The Balaban J connectivity index is 3.57. The van der Waals surface area contributed by atoms with Crippen LogP contribution in [0, 0.1) is 0 Å². The number of ether oxygens (including phenoxy) is 2. The van der Waals surface area contributed by atoms with E-state index >= 15 is 0 Å². The van der Waals surface area contributed by atoms with E-state index in [4.69, 9.17) is 14.6 Å². The fourth-order valence-corrected chi connectivity index (χ4v) is 1.16. The van der Waals surface area contributed by atoms with Gasteiger partial charge >= 0.3 is 5.97 Å². The number of nitrogens with one attached hydrogen (secondary N) is 1. The van der Waals surface area contributed by atoms with Gasteiger partial charge in [0.05, 0.1) is 19.8 Å². The van der Waals surface area contributed by atoms with Crippen LogP contribution in [0.3, 0.4) is 0 Å². The summed E-state index contributed by atoms with van der Waals surface area (Å²) in [6, 6.07) is -0.521. The van der Waals surface area contributed by atoms with Crippen molar-refractivity contribution < 1.29 is 19.4 Å². The van der Waals surface area contributed by atoms with Gasteiger partial charge in [-0.15, -0.1) is 0 Å². The number of hydrogen-bond donors (Lipinski definition) is 2. The predicted molar refractivity (Wildman–Crippen MR) is 61.6 cm³/mol. The van der Waals surface area contributed by atoms with E-state index in [0.717, 1.165) is 13.0 Å². The zero-order valence-electron chi connectivity index (χ0n) is 10.4. The lowest BCUT2D eigenvalue weighted by atomic mass is 10.2. The van der Waals surface area contributed by atoms with Crippen molar-refractivity contribution in [2.75, 3.05) is 26.4 Å². The molecule has 0 aliphatic carbocycles. The zero-order valence-corrected chi connectivity index (χ0v) is 10.4. The third-order valence-corrected chi connectivity index (χ3v) is 1.84. The molecule has 0 saturated carbocycles. The molecule has 0 fully saturated rings. The molecule has 5 nitrogen and oxygen atoms in total. The van der Waals surface area contributed by atoms with Crippen LogP contribution in [0.2, 0.25) is 0 Å². The van der Waals surface area contributed by atoms with E-state index in [0.29, 0.717) is 13.2 Å². The van der Waals surface area contributed by atoms with Gasteiger partial charge in [-0.2, -0.15) is 0 Å². The number of carboxylic acid groups (broad SMARTS) is 1. The maximum absolute atomic E-state index is 10.8. The Morgan fingerprint density at radius 3 is 2.38 bits per heavy atom. The van der Waals surface area contributed by atoms with Crippen LogP contribution in [-0.2, 0) is 14.3 Å². The largest absolute Gasteiger partial charge is 0.480 e. The molecular formula is C11H23NO4. The molecule has 0 rings (SSSR count). The minimum absolute atomic E-state index is 0.126. The Morgan fingerprint density at radius 1 is 1.25 bits per heavy atom. The summed E-state index contributed by atoms with van der Waals surface area (Å²) in [4.78, 5) is 10.8. The minimum Gasteiger partial charge on any atom is -0.480 e. The molecule has 96 valence electrons. The third kappa shape index (κ3) is 8.64. The monoisotopic (exact) mass is 233 g/mol. The maximum Gasteiger partial charge on any atom is 0.323 e. The summed E-state index contributed by atoms with van der Waals surface area (Å²) in [5.41, 5.74) is 0. The van der Waals surface area contributed by atoms with Gasteiger partial charge in [-0.25, -0.2) is 0 Å². The van der Waals surface area contributed by atoms with Crippen LogP contribution in [0.1, 0.15) is 27.2 Å². The fraction of sp³-hybridized carbons (Fsp3) is 0.909. The summed E-state index contributed by atoms with van der Waals surface area (Å²) in [6.45, 7) is 7.68. The predicted octanol–water partition coefficient (Wildman–Crippen LogP) is 0.881. The molecule has 0 amide bonds. The summed E-state index contributed by atoms with van der Waals surface area (Å²) in [7, 11) is 0. The molecular weight excluding hydrogens is 210 g/mol. The average molecular weight is 233 g/mol. The van der Waals surface area contributed by atoms with Crippen molar-refractivity contribution >= 4 is 5.97 Å². The topological polar surface area (TPSA) is 67.8 Å². The van der Waals surface area contributed by atoms with Crippen molar-refractivity contribution in [1.82, 2.24) is 5.32 Å². The van der Waals surface area contributed by atoms with E-state index in [1.165, 1.54) is 0 Å². The summed E-state index contributed by atoms with van der Waals surface area (Å²) in [5, 5.41) is 11.8. The van der Waals surface area contributed by atoms with Gasteiger partial charge in [-0.3, -0.25) is 4.79 Å². The van der Waals surface area contributed by atoms with Crippen molar-refractivity contribution in [3.05, 3.63) is 0 Å². The molecule has 0 radical (unpaired) electrons. The molecule has 0 aliphatic rings. The normalized spacial score (nSPS) is 13.0. The van der Waals surface area contributed by atoms with Gasteiger partial charge in [-0.05, 0) is 6.42 Å². The highest BCUT2D eigenvalue weighted by Crippen LogP contribution is 1.91. The Hall–Kier alpha value is -0.650. The molecule has 1 unspecified atom stereocenters. The van der Waals surface area contributed by atoms with Crippen LogP contribution >= 0.6 is 0 Å². The van der Waals surface area contributed by atoms with Gasteiger partial charge in [0.25, 0.3) is 0 Å². The van der Waals surface area contributed by atoms with Crippen LogP contribution in [0.4, 0.5) is 0 Å². The molecule has 0 bridgehead atoms. The molecule has 0 aromatic heterocycles. The molecule has 0 saturated heterocycles. The summed E-state index contributed by atoms with van der Waals surface area (Å²) >= 11 is 0. The summed E-state index contributed by atoms with van der Waals surface area (Å²) in [5.74, 6) is -0.886. The standard InChI is InChI=1S/C11H23NO4/c1-4-5-15-6-7-16-8-10(11(13)14)12-9(2)3/h9-10,12H,4-8H2,1-3H3,(H,13,14). The molecule has 1 atom stereocenters. The van der Waals surface area contributed by atoms with Gasteiger partial charge in [0.15, 0.2) is 0 Å². The van der Waals surface area contributed by atoms with Crippen LogP contribution in [0.25, 0.3) is 0 Å². The second-order valence-corrected chi connectivity index (χ2v) is 3.90. The minimum atomic E-state index is -0.886. The van der Waals surface area contributed by atoms with Gasteiger partial charge in [0, 0.05) is 12.6 Å². The van der Waals surface area contributed by atoms with Gasteiger partial charge in [-0.1, -0.05) is 20.8 Å². The molecule has 2 N–H and O–H groups in total. The highest BCUT2D eigenvalue weighted by molar-refractivity contribution is 5.73.